The molecule has 1 aromatic heterocycles. The predicted molar refractivity (Wildman–Crippen MR) is 71.9 cm³/mol. The highest BCUT2D eigenvalue weighted by Crippen LogP contribution is 2.34. The van der Waals surface area contributed by atoms with Gasteiger partial charge in [-0.2, -0.15) is 18.3 Å². The third-order valence-electron chi connectivity index (χ3n) is 3.21. The number of nitrogens with zero attached hydrogens (tertiary/aromatic N) is 1. The van der Waals surface area contributed by atoms with E-state index in [1.54, 1.807) is 24.4 Å². The number of nitrogens with one attached hydrogen (secondary N) is 1. The predicted octanol–water partition coefficient (Wildman–Crippen LogP) is 4.06. The molecule has 0 saturated heterocycles. The summed E-state index contributed by atoms with van der Waals surface area (Å²) >= 11 is 0. The van der Waals surface area contributed by atoms with Crippen molar-refractivity contribution in [3.8, 4) is 11.1 Å². The van der Waals surface area contributed by atoms with Crippen LogP contribution in [0.5, 0.6) is 0 Å². The van der Waals surface area contributed by atoms with Gasteiger partial charge in [0, 0.05) is 17.1 Å². The fourth-order valence-corrected chi connectivity index (χ4v) is 2.24. The number of aromatic nitrogens is 2. The highest BCUT2D eigenvalue weighted by Gasteiger charge is 2.30. The number of aromatic amines is 1. The molecule has 106 valence electrons. The van der Waals surface area contributed by atoms with Crippen LogP contribution in [-0.2, 0) is 6.18 Å². The second-order valence-corrected chi connectivity index (χ2v) is 4.58. The second-order valence-electron chi connectivity index (χ2n) is 4.58. The van der Waals surface area contributed by atoms with Crippen molar-refractivity contribution in [3.05, 3.63) is 53.7 Å². The van der Waals surface area contributed by atoms with Gasteiger partial charge in [-0.1, -0.05) is 12.1 Å². The number of aldehydes is 1. The summed E-state index contributed by atoms with van der Waals surface area (Å²) in [6.07, 6.45) is -2.17. The number of halogens is 3. The maximum Gasteiger partial charge on any atom is 0.416 e. The van der Waals surface area contributed by atoms with Gasteiger partial charge in [0.25, 0.3) is 0 Å². The van der Waals surface area contributed by atoms with Gasteiger partial charge in [0.15, 0.2) is 0 Å². The minimum absolute atomic E-state index is 0.363. The normalized spacial score (nSPS) is 11.8. The van der Waals surface area contributed by atoms with Crippen molar-refractivity contribution in [2.24, 2.45) is 0 Å². The van der Waals surface area contributed by atoms with E-state index in [-0.39, 0.29) is 0 Å². The molecule has 0 aliphatic rings. The van der Waals surface area contributed by atoms with Crippen LogP contribution in [0.15, 0.2) is 42.6 Å². The zero-order chi connectivity index (χ0) is 15.0. The van der Waals surface area contributed by atoms with E-state index in [1.807, 2.05) is 0 Å². The molecule has 0 saturated carbocycles. The number of fused-ring (bicyclic) bond motifs is 1. The lowest BCUT2D eigenvalue weighted by Gasteiger charge is -2.10. The average Bonchev–Trinajstić information content (AvgIpc) is 2.93. The lowest BCUT2D eigenvalue weighted by atomic mass is 9.98. The minimum Gasteiger partial charge on any atom is -0.298 e. The number of hydrogen-bond acceptors (Lipinski definition) is 2. The fourth-order valence-electron chi connectivity index (χ4n) is 2.24. The largest absolute Gasteiger partial charge is 0.416 e. The Morgan fingerprint density at radius 1 is 1.14 bits per heavy atom. The highest BCUT2D eigenvalue weighted by molar-refractivity contribution is 5.98. The van der Waals surface area contributed by atoms with Gasteiger partial charge >= 0.3 is 6.18 Å². The van der Waals surface area contributed by atoms with E-state index < -0.39 is 11.7 Å². The lowest BCUT2D eigenvalue weighted by Crippen LogP contribution is -2.04. The number of H-pyrrole nitrogens is 1. The van der Waals surface area contributed by atoms with Crippen molar-refractivity contribution < 1.29 is 18.0 Å². The molecule has 1 heterocycles. The van der Waals surface area contributed by atoms with Gasteiger partial charge < -0.3 is 0 Å². The smallest absolute Gasteiger partial charge is 0.298 e. The highest BCUT2D eigenvalue weighted by atomic mass is 19.4. The molecule has 1 N–H and O–H groups in total. The molecule has 2 aromatic carbocycles. The van der Waals surface area contributed by atoms with Crippen molar-refractivity contribution in [2.45, 2.75) is 6.18 Å². The van der Waals surface area contributed by atoms with Crippen LogP contribution in [0.4, 0.5) is 13.2 Å². The number of alkyl halides is 3. The monoisotopic (exact) mass is 290 g/mol. The first-order valence-corrected chi connectivity index (χ1v) is 6.09. The summed E-state index contributed by atoms with van der Waals surface area (Å²) in [7, 11) is 0. The topological polar surface area (TPSA) is 45.8 Å². The van der Waals surface area contributed by atoms with E-state index in [1.165, 1.54) is 6.07 Å². The van der Waals surface area contributed by atoms with E-state index in [9.17, 15) is 18.0 Å². The van der Waals surface area contributed by atoms with Gasteiger partial charge in [-0.25, -0.2) is 0 Å². The Hall–Kier alpha value is -2.63. The first-order valence-electron chi connectivity index (χ1n) is 6.09. The zero-order valence-corrected chi connectivity index (χ0v) is 10.6. The molecule has 21 heavy (non-hydrogen) atoms. The molecule has 0 radical (unpaired) electrons. The summed E-state index contributed by atoms with van der Waals surface area (Å²) in [5, 5.41) is 7.30. The standard InChI is InChI=1S/C15H9F3N2O/c16-15(17,18)11-3-1-2-10(6-11)12-4-9(8-21)5-14-13(12)7-19-20-14/h1-8H,(H,19,20). The Morgan fingerprint density at radius 3 is 2.67 bits per heavy atom. The van der Waals surface area contributed by atoms with Crippen LogP contribution >= 0.6 is 0 Å². The van der Waals surface area contributed by atoms with Crippen LogP contribution in [0.25, 0.3) is 22.0 Å². The quantitative estimate of drug-likeness (QED) is 0.723. The first kappa shape index (κ1) is 13.4. The average molecular weight is 290 g/mol. The molecular formula is C15H9F3N2O. The van der Waals surface area contributed by atoms with E-state index in [0.717, 1.165) is 12.1 Å². The van der Waals surface area contributed by atoms with Crippen molar-refractivity contribution in [2.75, 3.05) is 0 Å². The Labute approximate surface area is 117 Å². The molecule has 0 aliphatic heterocycles. The number of carbonyl (C=O) groups excluding carboxylic acids is 1. The van der Waals surface area contributed by atoms with Crippen LogP contribution in [0.3, 0.4) is 0 Å². The third-order valence-corrected chi connectivity index (χ3v) is 3.21. The van der Waals surface area contributed by atoms with Crippen molar-refractivity contribution in [1.82, 2.24) is 10.2 Å². The summed E-state index contributed by atoms with van der Waals surface area (Å²) in [5.74, 6) is 0. The lowest BCUT2D eigenvalue weighted by molar-refractivity contribution is -0.137. The molecule has 3 nitrogen and oxygen atoms in total. The molecular weight excluding hydrogens is 281 g/mol. The molecule has 0 unspecified atom stereocenters. The molecule has 0 amide bonds. The van der Waals surface area contributed by atoms with Gasteiger partial charge in [0.05, 0.1) is 11.1 Å². The number of benzene rings is 2. The maximum absolute atomic E-state index is 12.8. The zero-order valence-electron chi connectivity index (χ0n) is 10.6. The number of carbonyl (C=O) groups is 1. The first-order chi connectivity index (χ1) is 9.99. The summed E-state index contributed by atoms with van der Waals surface area (Å²) in [6.45, 7) is 0. The maximum atomic E-state index is 12.8. The van der Waals surface area contributed by atoms with Gasteiger partial charge in [-0.05, 0) is 35.4 Å². The Balaban J connectivity index is 2.25. The molecule has 6 heteroatoms. The molecule has 3 aromatic rings. The molecule has 0 atom stereocenters. The van der Waals surface area contributed by atoms with E-state index in [4.69, 9.17) is 0 Å². The molecule has 0 spiro atoms. The van der Waals surface area contributed by atoms with Crippen molar-refractivity contribution in [3.63, 3.8) is 0 Å². The summed E-state index contributed by atoms with van der Waals surface area (Å²) < 4.78 is 38.4. The molecule has 0 bridgehead atoms. The van der Waals surface area contributed by atoms with Crippen LogP contribution in [0.1, 0.15) is 15.9 Å². The van der Waals surface area contributed by atoms with Crippen molar-refractivity contribution >= 4 is 17.2 Å². The second kappa shape index (κ2) is 4.73. The van der Waals surface area contributed by atoms with E-state index in [2.05, 4.69) is 10.2 Å². The Morgan fingerprint density at radius 2 is 1.95 bits per heavy atom. The van der Waals surface area contributed by atoms with Gasteiger partial charge in [-0.3, -0.25) is 9.89 Å². The number of hydrogen-bond donors (Lipinski definition) is 1. The van der Waals surface area contributed by atoms with Crippen LogP contribution in [0.2, 0.25) is 0 Å². The summed E-state index contributed by atoms with van der Waals surface area (Å²) in [5.41, 5.74) is 1.09. The molecule has 3 rings (SSSR count). The van der Waals surface area contributed by atoms with Gasteiger partial charge in [-0.15, -0.1) is 0 Å². The van der Waals surface area contributed by atoms with Crippen LogP contribution in [-0.4, -0.2) is 16.5 Å². The van der Waals surface area contributed by atoms with Gasteiger partial charge in [0.2, 0.25) is 0 Å². The number of rotatable bonds is 2. The summed E-state index contributed by atoms with van der Waals surface area (Å²) in [4.78, 5) is 11.0. The van der Waals surface area contributed by atoms with Crippen LogP contribution in [0, 0.1) is 0 Å². The minimum atomic E-state index is -4.41. The van der Waals surface area contributed by atoms with E-state index >= 15 is 0 Å². The van der Waals surface area contributed by atoms with Gasteiger partial charge in [0.1, 0.15) is 6.29 Å². The third kappa shape index (κ3) is 2.40. The SMILES string of the molecule is O=Cc1cc(-c2cccc(C(F)(F)F)c2)c2c[nH]nc2c1. The Bertz CT molecular complexity index is 821. The van der Waals surface area contributed by atoms with Crippen LogP contribution < -0.4 is 0 Å². The van der Waals surface area contributed by atoms with Crippen molar-refractivity contribution in [1.29, 1.82) is 0 Å². The Kier molecular flexibility index (Phi) is 3.01. The van der Waals surface area contributed by atoms with E-state index in [0.29, 0.717) is 33.9 Å². The fraction of sp³-hybridized carbons (Fsp3) is 0.0667. The molecule has 0 aliphatic carbocycles. The summed E-state index contributed by atoms with van der Waals surface area (Å²) in [6, 6.07) is 8.13. The molecule has 0 fully saturated rings.